The molecule has 0 saturated carbocycles. The number of anilines is 1. The second-order valence-electron chi connectivity index (χ2n) is 3.91. The molecule has 1 aromatic carbocycles. The Morgan fingerprint density at radius 2 is 2.22 bits per heavy atom. The zero-order chi connectivity index (χ0) is 13.3. The van der Waals surface area contributed by atoms with Crippen molar-refractivity contribution in [3.8, 4) is 0 Å². The molecule has 7 heteroatoms. The summed E-state index contributed by atoms with van der Waals surface area (Å²) in [6.45, 7) is 1.39. The molecule has 0 spiro atoms. The lowest BCUT2D eigenvalue weighted by Gasteiger charge is -2.07. The Morgan fingerprint density at radius 1 is 1.50 bits per heavy atom. The third kappa shape index (κ3) is 2.10. The number of nitrogens with two attached hydrogens (primary N) is 1. The fourth-order valence-electron chi connectivity index (χ4n) is 1.53. The molecule has 0 unspecified atom stereocenters. The van der Waals surface area contributed by atoms with Crippen molar-refractivity contribution in [2.24, 2.45) is 0 Å². The van der Waals surface area contributed by atoms with Crippen molar-refractivity contribution in [1.29, 1.82) is 0 Å². The van der Waals surface area contributed by atoms with E-state index in [1.54, 1.807) is 18.2 Å². The first kappa shape index (κ1) is 11.9. The number of aromatic amines is 1. The average Bonchev–Trinajstić information content (AvgIpc) is 2.71. The van der Waals surface area contributed by atoms with Gasteiger partial charge < -0.3 is 16.2 Å². The molecule has 1 amide bonds. The minimum atomic E-state index is -1.10. The number of nitrogens with one attached hydrogen (secondary N) is 2. The number of nitrogen functional groups attached to an aromatic ring is 1. The van der Waals surface area contributed by atoms with Crippen LogP contribution in [0.5, 0.6) is 0 Å². The summed E-state index contributed by atoms with van der Waals surface area (Å²) in [4.78, 5) is 22.5. The van der Waals surface area contributed by atoms with E-state index in [2.05, 4.69) is 15.5 Å². The number of aliphatic carboxylic acids is 1. The van der Waals surface area contributed by atoms with Crippen molar-refractivity contribution in [2.45, 2.75) is 13.0 Å². The van der Waals surface area contributed by atoms with Crippen LogP contribution in [0.1, 0.15) is 17.4 Å². The van der Waals surface area contributed by atoms with Gasteiger partial charge in [-0.1, -0.05) is 0 Å². The maximum Gasteiger partial charge on any atom is 0.325 e. The maximum atomic E-state index is 11.8. The van der Waals surface area contributed by atoms with Crippen molar-refractivity contribution in [3.63, 3.8) is 0 Å². The van der Waals surface area contributed by atoms with Gasteiger partial charge in [-0.2, -0.15) is 5.10 Å². The van der Waals surface area contributed by atoms with Crippen molar-refractivity contribution < 1.29 is 14.7 Å². The highest BCUT2D eigenvalue weighted by molar-refractivity contribution is 6.06. The van der Waals surface area contributed by atoms with Gasteiger partial charge in [-0.3, -0.25) is 14.7 Å². The molecule has 0 aliphatic rings. The van der Waals surface area contributed by atoms with E-state index in [0.717, 1.165) is 0 Å². The van der Waals surface area contributed by atoms with E-state index in [9.17, 15) is 9.59 Å². The molecular formula is C11H12N4O3. The van der Waals surface area contributed by atoms with Crippen LogP contribution in [0, 0.1) is 0 Å². The number of carbonyl (C=O) groups is 2. The summed E-state index contributed by atoms with van der Waals surface area (Å²) in [5.74, 6) is -1.62. The number of carboxylic acids is 1. The predicted molar refractivity (Wildman–Crippen MR) is 65.1 cm³/mol. The Kier molecular flexibility index (Phi) is 2.88. The molecule has 94 valence electrons. The Bertz CT molecular complexity index is 620. The van der Waals surface area contributed by atoms with Crippen LogP contribution >= 0.6 is 0 Å². The van der Waals surface area contributed by atoms with Gasteiger partial charge in [0.25, 0.3) is 5.91 Å². The number of carbonyl (C=O) groups excluding carboxylic acids is 1. The van der Waals surface area contributed by atoms with Gasteiger partial charge >= 0.3 is 5.97 Å². The van der Waals surface area contributed by atoms with E-state index in [0.29, 0.717) is 16.6 Å². The third-order valence-corrected chi connectivity index (χ3v) is 2.52. The number of fused-ring (bicyclic) bond motifs is 1. The molecule has 1 atom stereocenters. The quantitative estimate of drug-likeness (QED) is 0.584. The van der Waals surface area contributed by atoms with E-state index in [1.165, 1.54) is 6.92 Å². The number of nitrogens with zero attached hydrogens (tertiary/aromatic N) is 1. The number of aromatic nitrogens is 2. The monoisotopic (exact) mass is 248 g/mol. The second kappa shape index (κ2) is 4.36. The van der Waals surface area contributed by atoms with Gasteiger partial charge in [-0.05, 0) is 25.1 Å². The number of carboxylic acid groups (broad SMARTS) is 1. The van der Waals surface area contributed by atoms with Crippen LogP contribution in [0.15, 0.2) is 18.2 Å². The SMILES string of the molecule is C[C@H](NC(=O)c1[nH]nc2cc(N)ccc12)C(=O)O. The topological polar surface area (TPSA) is 121 Å². The van der Waals surface area contributed by atoms with Gasteiger partial charge in [-0.25, -0.2) is 0 Å². The summed E-state index contributed by atoms with van der Waals surface area (Å²) in [6, 6.07) is 3.97. The molecule has 2 rings (SSSR count). The fourth-order valence-corrected chi connectivity index (χ4v) is 1.53. The molecule has 0 radical (unpaired) electrons. The molecule has 7 nitrogen and oxygen atoms in total. The standard InChI is InChI=1S/C11H12N4O3/c1-5(11(17)18)13-10(16)9-7-3-2-6(12)4-8(7)14-15-9/h2-5H,12H2,1H3,(H,13,16)(H,14,15)(H,17,18)/t5-/m0/s1. The number of rotatable bonds is 3. The Balaban J connectivity index is 2.31. The largest absolute Gasteiger partial charge is 0.480 e. The van der Waals surface area contributed by atoms with Crippen LogP contribution in [0.3, 0.4) is 0 Å². The van der Waals surface area contributed by atoms with E-state index < -0.39 is 17.9 Å². The van der Waals surface area contributed by atoms with E-state index in [-0.39, 0.29) is 5.69 Å². The average molecular weight is 248 g/mol. The Labute approximate surface area is 102 Å². The van der Waals surface area contributed by atoms with E-state index in [1.807, 2.05) is 0 Å². The molecule has 5 N–H and O–H groups in total. The smallest absolute Gasteiger partial charge is 0.325 e. The zero-order valence-corrected chi connectivity index (χ0v) is 9.60. The van der Waals surface area contributed by atoms with Gasteiger partial charge in [0.2, 0.25) is 0 Å². The van der Waals surface area contributed by atoms with Crippen molar-refractivity contribution >= 4 is 28.5 Å². The highest BCUT2D eigenvalue weighted by Crippen LogP contribution is 2.18. The second-order valence-corrected chi connectivity index (χ2v) is 3.91. The van der Waals surface area contributed by atoms with Crippen LogP contribution in [0.2, 0.25) is 0 Å². The number of amides is 1. The summed E-state index contributed by atoms with van der Waals surface area (Å²) in [5, 5.41) is 18.2. The van der Waals surface area contributed by atoms with Gasteiger partial charge in [-0.15, -0.1) is 0 Å². The first-order valence-electron chi connectivity index (χ1n) is 5.26. The number of hydrogen-bond acceptors (Lipinski definition) is 4. The molecule has 0 fully saturated rings. The number of H-pyrrole nitrogens is 1. The third-order valence-electron chi connectivity index (χ3n) is 2.52. The normalized spacial score (nSPS) is 12.3. The zero-order valence-electron chi connectivity index (χ0n) is 9.60. The van der Waals surface area contributed by atoms with Crippen molar-refractivity contribution in [1.82, 2.24) is 15.5 Å². The Morgan fingerprint density at radius 3 is 2.89 bits per heavy atom. The summed E-state index contributed by atoms with van der Waals surface area (Å²) in [7, 11) is 0. The highest BCUT2D eigenvalue weighted by Gasteiger charge is 2.18. The van der Waals surface area contributed by atoms with Gasteiger partial charge in [0, 0.05) is 11.1 Å². The molecule has 0 bridgehead atoms. The van der Waals surface area contributed by atoms with Crippen molar-refractivity contribution in [3.05, 3.63) is 23.9 Å². The molecule has 0 aliphatic carbocycles. The minimum absolute atomic E-state index is 0.220. The summed E-state index contributed by atoms with van der Waals surface area (Å²) in [6.07, 6.45) is 0. The molecule has 1 aromatic heterocycles. The predicted octanol–water partition coefficient (Wildman–Crippen LogP) is 0.348. The number of hydrogen-bond donors (Lipinski definition) is 4. The molecule has 18 heavy (non-hydrogen) atoms. The summed E-state index contributed by atoms with van der Waals surface area (Å²) >= 11 is 0. The lowest BCUT2D eigenvalue weighted by atomic mass is 10.2. The van der Waals surface area contributed by atoms with Crippen LogP contribution in [0.4, 0.5) is 5.69 Å². The fraction of sp³-hybridized carbons (Fsp3) is 0.182. The minimum Gasteiger partial charge on any atom is -0.480 e. The molecule has 1 heterocycles. The molecular weight excluding hydrogens is 236 g/mol. The van der Waals surface area contributed by atoms with Crippen LogP contribution in [0.25, 0.3) is 10.9 Å². The summed E-state index contributed by atoms with van der Waals surface area (Å²) in [5.41, 5.74) is 6.92. The highest BCUT2D eigenvalue weighted by atomic mass is 16.4. The van der Waals surface area contributed by atoms with Crippen LogP contribution in [-0.4, -0.2) is 33.2 Å². The lowest BCUT2D eigenvalue weighted by molar-refractivity contribution is -0.138. The molecule has 0 saturated heterocycles. The maximum absolute atomic E-state index is 11.8. The Hall–Kier alpha value is -2.57. The van der Waals surface area contributed by atoms with Crippen LogP contribution in [-0.2, 0) is 4.79 Å². The lowest BCUT2D eigenvalue weighted by Crippen LogP contribution is -2.38. The molecule has 0 aliphatic heterocycles. The first-order valence-corrected chi connectivity index (χ1v) is 5.26. The van der Waals surface area contributed by atoms with Gasteiger partial charge in [0.1, 0.15) is 11.7 Å². The first-order chi connectivity index (χ1) is 8.49. The number of benzene rings is 1. The van der Waals surface area contributed by atoms with Crippen molar-refractivity contribution in [2.75, 3.05) is 5.73 Å². The van der Waals surface area contributed by atoms with E-state index >= 15 is 0 Å². The van der Waals surface area contributed by atoms with Gasteiger partial charge in [0.05, 0.1) is 5.52 Å². The van der Waals surface area contributed by atoms with Gasteiger partial charge in [0.15, 0.2) is 0 Å². The van der Waals surface area contributed by atoms with Crippen LogP contribution < -0.4 is 11.1 Å². The summed E-state index contributed by atoms with van der Waals surface area (Å²) < 4.78 is 0. The molecule has 2 aromatic rings. The van der Waals surface area contributed by atoms with E-state index in [4.69, 9.17) is 10.8 Å².